The number of hydrogen-bond acceptors (Lipinski definition) is 3. The first-order valence-electron chi connectivity index (χ1n) is 6.28. The summed E-state index contributed by atoms with van der Waals surface area (Å²) >= 11 is 0. The van der Waals surface area contributed by atoms with Crippen molar-refractivity contribution in [3.63, 3.8) is 0 Å². The fourth-order valence-corrected chi connectivity index (χ4v) is 1.63. The molecule has 0 atom stereocenters. The number of rotatable bonds is 3. The van der Waals surface area contributed by atoms with Crippen LogP contribution < -0.4 is 10.9 Å². The Hall–Kier alpha value is -3.08. The van der Waals surface area contributed by atoms with Gasteiger partial charge in [0.25, 0.3) is 11.8 Å². The summed E-state index contributed by atoms with van der Waals surface area (Å²) in [6, 6.07) is 15.4. The summed E-state index contributed by atoms with van der Waals surface area (Å²) in [4.78, 5) is 23.3. The minimum Gasteiger partial charge on any atom is -0.507 e. The molecule has 0 aliphatic heterocycles. The molecule has 2 amide bonds. The van der Waals surface area contributed by atoms with Crippen molar-refractivity contribution in [1.82, 2.24) is 10.9 Å². The number of aromatic hydroxyl groups is 1. The summed E-state index contributed by atoms with van der Waals surface area (Å²) in [5.41, 5.74) is 5.43. The maximum Gasteiger partial charge on any atom is 0.273 e. The zero-order chi connectivity index (χ0) is 15.1. The molecule has 2 rings (SSSR count). The van der Waals surface area contributed by atoms with Gasteiger partial charge >= 0.3 is 0 Å². The molecule has 0 aliphatic rings. The molecule has 3 N–H and O–H groups in total. The Morgan fingerprint density at radius 3 is 2.29 bits per heavy atom. The molecule has 0 heterocycles. The van der Waals surface area contributed by atoms with E-state index in [2.05, 4.69) is 10.9 Å². The van der Waals surface area contributed by atoms with Crippen LogP contribution in [0.3, 0.4) is 0 Å². The second-order valence-corrected chi connectivity index (χ2v) is 4.20. The molecular weight excluding hydrogens is 268 g/mol. The predicted molar refractivity (Wildman–Crippen MR) is 79.2 cm³/mol. The number of carbonyl (C=O) groups excluding carboxylic acids is 2. The van der Waals surface area contributed by atoms with E-state index >= 15 is 0 Å². The molecule has 2 aromatic carbocycles. The standard InChI is InChI=1S/C16H14N2O3/c19-14-9-5-4-8-13(14)16(21)18-17-15(20)11-10-12-6-2-1-3-7-12/h1-11,19H,(H,17,20)(H,18,21). The Morgan fingerprint density at radius 1 is 0.905 bits per heavy atom. The number of phenolic OH excluding ortho intramolecular Hbond substituents is 1. The number of hydrazine groups is 1. The molecule has 5 nitrogen and oxygen atoms in total. The van der Waals surface area contributed by atoms with Crippen molar-refractivity contribution in [2.75, 3.05) is 0 Å². The molecule has 0 fully saturated rings. The maximum atomic E-state index is 11.7. The third-order valence-corrected chi connectivity index (χ3v) is 2.67. The van der Waals surface area contributed by atoms with Crippen LogP contribution in [0, 0.1) is 0 Å². The van der Waals surface area contributed by atoms with Gasteiger partial charge in [0.15, 0.2) is 0 Å². The highest BCUT2D eigenvalue weighted by Gasteiger charge is 2.09. The molecule has 5 heteroatoms. The second kappa shape index (κ2) is 6.91. The van der Waals surface area contributed by atoms with Gasteiger partial charge in [-0.2, -0.15) is 0 Å². The van der Waals surface area contributed by atoms with Crippen molar-refractivity contribution < 1.29 is 14.7 Å². The highest BCUT2D eigenvalue weighted by atomic mass is 16.3. The highest BCUT2D eigenvalue weighted by Crippen LogP contribution is 2.14. The summed E-state index contributed by atoms with van der Waals surface area (Å²) in [6.45, 7) is 0. The molecule has 0 aromatic heterocycles. The first-order valence-corrected chi connectivity index (χ1v) is 6.28. The molecule has 0 saturated carbocycles. The van der Waals surface area contributed by atoms with E-state index in [0.29, 0.717) is 0 Å². The number of para-hydroxylation sites is 1. The monoisotopic (exact) mass is 282 g/mol. The van der Waals surface area contributed by atoms with Crippen molar-refractivity contribution >= 4 is 17.9 Å². The average molecular weight is 282 g/mol. The van der Waals surface area contributed by atoms with Crippen LogP contribution in [0.25, 0.3) is 6.08 Å². The van der Waals surface area contributed by atoms with Crippen molar-refractivity contribution in [3.05, 3.63) is 71.8 Å². The SMILES string of the molecule is O=C(C=Cc1ccccc1)NNC(=O)c1ccccc1O. The Kier molecular flexibility index (Phi) is 4.71. The number of amides is 2. The first-order chi connectivity index (χ1) is 10.2. The molecular formula is C16H14N2O3. The average Bonchev–Trinajstić information content (AvgIpc) is 2.52. The van der Waals surface area contributed by atoms with Crippen LogP contribution in [0.1, 0.15) is 15.9 Å². The smallest absolute Gasteiger partial charge is 0.273 e. The largest absolute Gasteiger partial charge is 0.507 e. The highest BCUT2D eigenvalue weighted by molar-refractivity contribution is 5.99. The van der Waals surface area contributed by atoms with Gasteiger partial charge in [0.1, 0.15) is 5.75 Å². The minimum absolute atomic E-state index is 0.0878. The maximum absolute atomic E-state index is 11.7. The lowest BCUT2D eigenvalue weighted by Gasteiger charge is -2.06. The summed E-state index contributed by atoms with van der Waals surface area (Å²) in [6.07, 6.45) is 2.93. The van der Waals surface area contributed by atoms with Crippen molar-refractivity contribution in [2.24, 2.45) is 0 Å². The quantitative estimate of drug-likeness (QED) is 0.594. The van der Waals surface area contributed by atoms with Gasteiger partial charge < -0.3 is 5.11 Å². The molecule has 0 radical (unpaired) electrons. The fourth-order valence-electron chi connectivity index (χ4n) is 1.63. The number of phenols is 1. The van der Waals surface area contributed by atoms with Crippen molar-refractivity contribution in [2.45, 2.75) is 0 Å². The number of hydrogen-bond donors (Lipinski definition) is 3. The van der Waals surface area contributed by atoms with Crippen LogP contribution in [0.2, 0.25) is 0 Å². The van der Waals surface area contributed by atoms with Crippen LogP contribution in [-0.2, 0) is 4.79 Å². The Morgan fingerprint density at radius 2 is 1.57 bits per heavy atom. The Bertz CT molecular complexity index is 666. The first kappa shape index (κ1) is 14.3. The van der Waals surface area contributed by atoms with Gasteiger partial charge in [-0.3, -0.25) is 20.4 Å². The van der Waals surface area contributed by atoms with Gasteiger partial charge in [-0.1, -0.05) is 42.5 Å². The lowest BCUT2D eigenvalue weighted by Crippen LogP contribution is -2.40. The number of benzene rings is 2. The van der Waals surface area contributed by atoms with Crippen LogP contribution in [0.15, 0.2) is 60.7 Å². The molecule has 0 unspecified atom stereocenters. The van der Waals surface area contributed by atoms with E-state index in [9.17, 15) is 14.7 Å². The van der Waals surface area contributed by atoms with E-state index in [1.54, 1.807) is 18.2 Å². The number of carbonyl (C=O) groups is 2. The Labute approximate surface area is 121 Å². The molecule has 2 aromatic rings. The fraction of sp³-hybridized carbons (Fsp3) is 0. The second-order valence-electron chi connectivity index (χ2n) is 4.20. The summed E-state index contributed by atoms with van der Waals surface area (Å²) < 4.78 is 0. The summed E-state index contributed by atoms with van der Waals surface area (Å²) in [7, 11) is 0. The van der Waals surface area contributed by atoms with Crippen LogP contribution >= 0.6 is 0 Å². The predicted octanol–water partition coefficient (Wildman–Crippen LogP) is 1.87. The van der Waals surface area contributed by atoms with E-state index in [1.807, 2.05) is 30.3 Å². The van der Waals surface area contributed by atoms with Gasteiger partial charge in [-0.25, -0.2) is 0 Å². The van der Waals surface area contributed by atoms with Crippen LogP contribution in [0.5, 0.6) is 5.75 Å². The van der Waals surface area contributed by atoms with E-state index in [1.165, 1.54) is 18.2 Å². The van der Waals surface area contributed by atoms with Crippen molar-refractivity contribution in [3.8, 4) is 5.75 Å². The molecule has 0 spiro atoms. The minimum atomic E-state index is -0.588. The van der Waals surface area contributed by atoms with Crippen LogP contribution in [0.4, 0.5) is 0 Å². The Balaban J connectivity index is 1.88. The zero-order valence-electron chi connectivity index (χ0n) is 11.1. The third kappa shape index (κ3) is 4.21. The normalized spacial score (nSPS) is 10.3. The lowest BCUT2D eigenvalue weighted by molar-refractivity contribution is -0.117. The summed E-state index contributed by atoms with van der Waals surface area (Å²) in [5.74, 6) is -1.21. The number of nitrogens with one attached hydrogen (secondary N) is 2. The van der Waals surface area contributed by atoms with Crippen LogP contribution in [-0.4, -0.2) is 16.9 Å². The molecule has 106 valence electrons. The lowest BCUT2D eigenvalue weighted by atomic mass is 10.2. The van der Waals surface area contributed by atoms with Gasteiger partial charge in [-0.15, -0.1) is 0 Å². The van der Waals surface area contributed by atoms with E-state index in [4.69, 9.17) is 0 Å². The van der Waals surface area contributed by atoms with Gasteiger partial charge in [0.05, 0.1) is 5.56 Å². The molecule has 0 bridgehead atoms. The van der Waals surface area contributed by atoms with Gasteiger partial charge in [0.2, 0.25) is 0 Å². The zero-order valence-corrected chi connectivity index (χ0v) is 11.1. The third-order valence-electron chi connectivity index (χ3n) is 2.67. The van der Waals surface area contributed by atoms with Gasteiger partial charge in [0, 0.05) is 6.08 Å². The van der Waals surface area contributed by atoms with Gasteiger partial charge in [-0.05, 0) is 23.8 Å². The molecule has 0 aliphatic carbocycles. The topological polar surface area (TPSA) is 78.4 Å². The van der Waals surface area contributed by atoms with E-state index < -0.39 is 11.8 Å². The van der Waals surface area contributed by atoms with Crippen molar-refractivity contribution in [1.29, 1.82) is 0 Å². The molecule has 0 saturated heterocycles. The van der Waals surface area contributed by atoms with E-state index in [0.717, 1.165) is 5.56 Å². The molecule has 21 heavy (non-hydrogen) atoms. The summed E-state index contributed by atoms with van der Waals surface area (Å²) in [5, 5.41) is 9.51. The van der Waals surface area contributed by atoms with E-state index in [-0.39, 0.29) is 11.3 Å².